The third-order valence-corrected chi connectivity index (χ3v) is 20.1. The summed E-state index contributed by atoms with van der Waals surface area (Å²) in [5.41, 5.74) is 21.1. The fourth-order valence-corrected chi connectivity index (χ4v) is 16.2. The average molecular weight is 879 g/mol. The minimum Gasteiger partial charge on any atom is -0.251 e. The monoisotopic (exact) mass is 878 g/mol. The van der Waals surface area contributed by atoms with E-state index in [1.54, 1.807) is 0 Å². The van der Waals surface area contributed by atoms with Crippen LogP contribution in [0.15, 0.2) is 109 Å². The van der Waals surface area contributed by atoms with Crippen molar-refractivity contribution >= 4 is 77.1 Å². The molecular formula is C54H42N2S5. The molecule has 0 saturated carbocycles. The molecule has 0 amide bonds. The molecular weight excluding hydrogens is 837 g/mol. The Balaban J connectivity index is 0.861. The van der Waals surface area contributed by atoms with E-state index in [1.807, 2.05) is 69.1 Å². The zero-order valence-corrected chi connectivity index (χ0v) is 39.4. The molecule has 2 aliphatic carbocycles. The van der Waals surface area contributed by atoms with E-state index in [0.717, 1.165) is 11.0 Å². The van der Waals surface area contributed by atoms with E-state index in [9.17, 15) is 0 Å². The molecule has 12 rings (SSSR count). The summed E-state index contributed by atoms with van der Waals surface area (Å²) < 4.78 is 2.85. The van der Waals surface area contributed by atoms with Gasteiger partial charge in [-0.2, -0.15) is 0 Å². The van der Waals surface area contributed by atoms with E-state index in [1.165, 1.54) is 126 Å². The van der Waals surface area contributed by atoms with Crippen molar-refractivity contribution in [2.45, 2.75) is 66.2 Å². The predicted octanol–water partition coefficient (Wildman–Crippen LogP) is 17.3. The molecule has 0 spiro atoms. The molecule has 61 heavy (non-hydrogen) atoms. The van der Waals surface area contributed by atoms with Crippen LogP contribution >= 0.6 is 56.7 Å². The van der Waals surface area contributed by atoms with Crippen molar-refractivity contribution in [3.8, 4) is 73.1 Å². The molecule has 0 saturated heterocycles. The van der Waals surface area contributed by atoms with Crippen molar-refractivity contribution in [2.24, 2.45) is 0 Å². The lowest BCUT2D eigenvalue weighted by molar-refractivity contribution is 0.660. The third kappa shape index (κ3) is 5.47. The largest absolute Gasteiger partial charge is 0.251 e. The smallest absolute Gasteiger partial charge is 0.109 e. The average Bonchev–Trinajstić information content (AvgIpc) is 4.13. The van der Waals surface area contributed by atoms with E-state index >= 15 is 0 Å². The molecule has 0 radical (unpaired) electrons. The van der Waals surface area contributed by atoms with Gasteiger partial charge in [0, 0.05) is 61.9 Å². The molecule has 0 fully saturated rings. The van der Waals surface area contributed by atoms with Gasteiger partial charge in [-0.3, -0.25) is 9.97 Å². The lowest BCUT2D eigenvalue weighted by Gasteiger charge is -2.22. The number of aromatic nitrogens is 2. The molecule has 7 heteroatoms. The number of rotatable bonds is 5. The first-order valence-corrected chi connectivity index (χ1v) is 24.9. The van der Waals surface area contributed by atoms with Crippen LogP contribution in [-0.4, -0.2) is 9.97 Å². The highest BCUT2D eigenvalue weighted by Crippen LogP contribution is 2.55. The summed E-state index contributed by atoms with van der Waals surface area (Å²) >= 11 is 9.43. The van der Waals surface area contributed by atoms with Crippen molar-refractivity contribution in [3.63, 3.8) is 0 Å². The van der Waals surface area contributed by atoms with Crippen molar-refractivity contribution in [3.05, 3.63) is 153 Å². The van der Waals surface area contributed by atoms with Crippen LogP contribution in [0, 0.1) is 27.7 Å². The Morgan fingerprint density at radius 2 is 0.836 bits per heavy atom. The number of aryl methyl sites for hydroxylation is 4. The fraction of sp³-hybridized carbons (Fsp3) is 0.185. The lowest BCUT2D eigenvalue weighted by atomic mass is 9.81. The van der Waals surface area contributed by atoms with Gasteiger partial charge >= 0.3 is 0 Å². The summed E-state index contributed by atoms with van der Waals surface area (Å²) in [6.07, 6.45) is 3.63. The van der Waals surface area contributed by atoms with Crippen LogP contribution in [0.4, 0.5) is 0 Å². The fourth-order valence-electron chi connectivity index (χ4n) is 10.1. The summed E-state index contributed by atoms with van der Waals surface area (Å²) in [5, 5.41) is 0. The van der Waals surface area contributed by atoms with E-state index in [-0.39, 0.29) is 10.8 Å². The van der Waals surface area contributed by atoms with Gasteiger partial charge < -0.3 is 0 Å². The molecule has 6 heterocycles. The molecule has 0 aliphatic heterocycles. The van der Waals surface area contributed by atoms with Gasteiger partial charge in [0.25, 0.3) is 0 Å². The molecule has 0 N–H and O–H groups in total. The molecule has 2 aliphatic rings. The number of hydrogen-bond donors (Lipinski definition) is 0. The molecule has 4 aromatic carbocycles. The SMILES string of the molecule is Cc1ccc2c(c1)C(C)(C)c1cc(-c3sc4c(C)c(-c5ccc6c(c5)C(C)(C)c5cc(-c7ccc(-c8sc(-c9ccc(C)s9)c9nccnc89)s7)ccc5-6)sc4c3C)ccc1-2. The Bertz CT molecular complexity index is 3480. The van der Waals surface area contributed by atoms with Crippen LogP contribution in [0.2, 0.25) is 0 Å². The number of hydrogen-bond acceptors (Lipinski definition) is 7. The molecule has 0 atom stereocenters. The maximum Gasteiger partial charge on any atom is 0.109 e. The summed E-state index contributed by atoms with van der Waals surface area (Å²) in [7, 11) is 0. The summed E-state index contributed by atoms with van der Waals surface area (Å²) in [6.45, 7) is 18.6. The van der Waals surface area contributed by atoms with Gasteiger partial charge in [0.2, 0.25) is 0 Å². The number of benzene rings is 4. The second-order valence-corrected chi connectivity index (χ2v) is 23.4. The minimum atomic E-state index is -0.130. The van der Waals surface area contributed by atoms with Crippen molar-refractivity contribution in [2.75, 3.05) is 0 Å². The van der Waals surface area contributed by atoms with Gasteiger partial charge in [0.1, 0.15) is 11.0 Å². The Hall–Kier alpha value is -5.02. The van der Waals surface area contributed by atoms with Crippen LogP contribution in [-0.2, 0) is 10.8 Å². The Morgan fingerprint density at radius 3 is 1.36 bits per heavy atom. The maximum atomic E-state index is 4.83. The zero-order valence-electron chi connectivity index (χ0n) is 35.3. The highest BCUT2D eigenvalue weighted by molar-refractivity contribution is 7.32. The molecule has 0 unspecified atom stereocenters. The van der Waals surface area contributed by atoms with E-state index < -0.39 is 0 Å². The predicted molar refractivity (Wildman–Crippen MR) is 268 cm³/mol. The van der Waals surface area contributed by atoms with Gasteiger partial charge in [-0.15, -0.1) is 56.7 Å². The number of fused-ring (bicyclic) bond motifs is 8. The third-order valence-electron chi connectivity index (χ3n) is 13.4. The highest BCUT2D eigenvalue weighted by atomic mass is 32.1. The normalized spacial score (nSPS) is 14.5. The molecule has 6 aromatic heterocycles. The zero-order chi connectivity index (χ0) is 41.7. The second kappa shape index (κ2) is 13.2. The van der Waals surface area contributed by atoms with E-state index in [4.69, 9.17) is 9.97 Å². The second-order valence-electron chi connectivity index (χ2n) is 17.9. The molecule has 2 nitrogen and oxygen atoms in total. The number of thiophene rings is 5. The number of nitrogens with zero attached hydrogens (tertiary/aromatic N) is 2. The summed E-state index contributed by atoms with van der Waals surface area (Å²) in [4.78, 5) is 19.9. The van der Waals surface area contributed by atoms with Crippen LogP contribution in [0.1, 0.15) is 71.5 Å². The van der Waals surface area contributed by atoms with Crippen LogP contribution < -0.4 is 0 Å². The van der Waals surface area contributed by atoms with Crippen LogP contribution in [0.3, 0.4) is 0 Å². The minimum absolute atomic E-state index is 0.0150. The van der Waals surface area contributed by atoms with Gasteiger partial charge in [-0.25, -0.2) is 0 Å². The standard InChI is InChI=1S/C54H42N2S5/c1-27-9-14-34-36-16-12-32(25-40(36)53(5,6)38(34)23-27)47-29(3)49-50(59-47)30(4)48(60-49)33-13-17-37-35-15-11-31(24-39(35)54(7,8)41(37)26-33)42-19-20-44(58-42)52-46-45(55-21-22-56-46)51(61-52)43-18-10-28(2)57-43/h9-26H,1-8H3. The first kappa shape index (κ1) is 37.7. The van der Waals surface area contributed by atoms with Gasteiger partial charge in [-0.05, 0) is 142 Å². The van der Waals surface area contributed by atoms with Gasteiger partial charge in [0.15, 0.2) is 0 Å². The summed E-state index contributed by atoms with van der Waals surface area (Å²) in [6, 6.07) is 37.5. The lowest BCUT2D eigenvalue weighted by Crippen LogP contribution is -2.15. The first-order chi connectivity index (χ1) is 29.4. The Labute approximate surface area is 376 Å². The quantitative estimate of drug-likeness (QED) is 0.172. The molecule has 10 aromatic rings. The van der Waals surface area contributed by atoms with Crippen LogP contribution in [0.25, 0.3) is 93.5 Å². The Kier molecular flexibility index (Phi) is 8.19. The van der Waals surface area contributed by atoms with Gasteiger partial charge in [-0.1, -0.05) is 87.9 Å². The summed E-state index contributed by atoms with van der Waals surface area (Å²) in [5.74, 6) is 0. The topological polar surface area (TPSA) is 25.8 Å². The maximum absolute atomic E-state index is 4.83. The Morgan fingerprint density at radius 1 is 0.393 bits per heavy atom. The first-order valence-electron chi connectivity index (χ1n) is 20.9. The van der Waals surface area contributed by atoms with Crippen molar-refractivity contribution < 1.29 is 0 Å². The van der Waals surface area contributed by atoms with Crippen molar-refractivity contribution in [1.82, 2.24) is 9.97 Å². The molecule has 0 bridgehead atoms. The van der Waals surface area contributed by atoms with E-state index in [0.29, 0.717) is 0 Å². The molecule has 298 valence electrons. The van der Waals surface area contributed by atoms with E-state index in [2.05, 4.69) is 152 Å². The van der Waals surface area contributed by atoms with Crippen molar-refractivity contribution in [1.29, 1.82) is 0 Å². The van der Waals surface area contributed by atoms with Gasteiger partial charge in [0.05, 0.1) is 9.75 Å². The highest BCUT2D eigenvalue weighted by Gasteiger charge is 2.38. The van der Waals surface area contributed by atoms with Crippen LogP contribution in [0.5, 0.6) is 0 Å².